The highest BCUT2D eigenvalue weighted by Crippen LogP contribution is 2.21. The Labute approximate surface area is 87.0 Å². The van der Waals surface area contributed by atoms with E-state index in [4.69, 9.17) is 4.74 Å². The van der Waals surface area contributed by atoms with Crippen LogP contribution in [0.4, 0.5) is 0 Å². The molecule has 2 rings (SSSR count). The number of nitrogens with zero attached hydrogens (tertiary/aromatic N) is 2. The van der Waals surface area contributed by atoms with Crippen LogP contribution in [0, 0.1) is 0 Å². The first-order valence-corrected chi connectivity index (χ1v) is 5.87. The molecule has 0 unspecified atom stereocenters. The summed E-state index contributed by atoms with van der Waals surface area (Å²) in [7, 11) is 2.20. The minimum Gasteiger partial charge on any atom is -0.377 e. The molecule has 2 fully saturated rings. The first-order valence-electron chi connectivity index (χ1n) is 5.87. The van der Waals surface area contributed by atoms with Gasteiger partial charge in [0.2, 0.25) is 0 Å². The largest absolute Gasteiger partial charge is 0.377 e. The van der Waals surface area contributed by atoms with Gasteiger partial charge in [0.05, 0.1) is 12.7 Å². The van der Waals surface area contributed by atoms with Crippen molar-refractivity contribution in [2.45, 2.75) is 25.4 Å². The second-order valence-corrected chi connectivity index (χ2v) is 4.57. The van der Waals surface area contributed by atoms with E-state index >= 15 is 0 Å². The van der Waals surface area contributed by atoms with Gasteiger partial charge < -0.3 is 9.64 Å². The summed E-state index contributed by atoms with van der Waals surface area (Å²) in [6, 6.07) is 0. The third kappa shape index (κ3) is 2.94. The van der Waals surface area contributed by atoms with E-state index in [1.807, 2.05) is 0 Å². The highest BCUT2D eigenvalue weighted by Gasteiger charge is 2.18. The molecule has 82 valence electrons. The monoisotopic (exact) mass is 198 g/mol. The molecule has 0 amide bonds. The van der Waals surface area contributed by atoms with E-state index in [0.717, 1.165) is 13.2 Å². The van der Waals surface area contributed by atoms with Crippen molar-refractivity contribution < 1.29 is 4.74 Å². The lowest BCUT2D eigenvalue weighted by Gasteiger charge is -2.33. The van der Waals surface area contributed by atoms with E-state index in [0.29, 0.717) is 6.10 Å². The van der Waals surface area contributed by atoms with Crippen LogP contribution in [0.2, 0.25) is 0 Å². The van der Waals surface area contributed by atoms with Crippen molar-refractivity contribution in [3.8, 4) is 0 Å². The Kier molecular flexibility index (Phi) is 3.79. The molecule has 1 saturated carbocycles. The van der Waals surface area contributed by atoms with Gasteiger partial charge in [-0.3, -0.25) is 4.90 Å². The first kappa shape index (κ1) is 10.4. The van der Waals surface area contributed by atoms with Crippen molar-refractivity contribution in [3.05, 3.63) is 0 Å². The minimum atomic E-state index is 0.600. The van der Waals surface area contributed by atoms with Crippen LogP contribution in [-0.2, 0) is 4.74 Å². The number of rotatable bonds is 4. The highest BCUT2D eigenvalue weighted by molar-refractivity contribution is 4.71. The third-order valence-corrected chi connectivity index (χ3v) is 3.41. The molecule has 0 aromatic rings. The maximum absolute atomic E-state index is 5.75. The summed E-state index contributed by atoms with van der Waals surface area (Å²) in [6.45, 7) is 6.92. The molecule has 1 saturated heterocycles. The number of hydrogen-bond donors (Lipinski definition) is 0. The van der Waals surface area contributed by atoms with Crippen LogP contribution in [0.5, 0.6) is 0 Å². The van der Waals surface area contributed by atoms with Gasteiger partial charge in [-0.1, -0.05) is 0 Å². The predicted octanol–water partition coefficient (Wildman–Crippen LogP) is 0.803. The molecule has 1 heterocycles. The van der Waals surface area contributed by atoms with Gasteiger partial charge in [0.25, 0.3) is 0 Å². The van der Waals surface area contributed by atoms with Crippen molar-refractivity contribution >= 4 is 0 Å². The Morgan fingerprint density at radius 3 is 2.43 bits per heavy atom. The molecule has 0 N–H and O–H groups in total. The number of ether oxygens (including phenoxy) is 1. The summed E-state index contributed by atoms with van der Waals surface area (Å²) in [6.07, 6.45) is 4.56. The summed E-state index contributed by atoms with van der Waals surface area (Å²) in [5.74, 6) is 0. The van der Waals surface area contributed by atoms with E-state index < -0.39 is 0 Å². The quantitative estimate of drug-likeness (QED) is 0.664. The molecular weight excluding hydrogens is 176 g/mol. The molecule has 1 aliphatic carbocycles. The molecule has 0 bridgehead atoms. The van der Waals surface area contributed by atoms with E-state index in [1.165, 1.54) is 45.4 Å². The van der Waals surface area contributed by atoms with Gasteiger partial charge in [0.1, 0.15) is 0 Å². The molecule has 3 nitrogen and oxygen atoms in total. The van der Waals surface area contributed by atoms with E-state index in [1.54, 1.807) is 0 Å². The smallest absolute Gasteiger partial charge is 0.0597 e. The van der Waals surface area contributed by atoms with Crippen LogP contribution in [0.15, 0.2) is 0 Å². The Morgan fingerprint density at radius 2 is 1.86 bits per heavy atom. The van der Waals surface area contributed by atoms with Gasteiger partial charge >= 0.3 is 0 Å². The van der Waals surface area contributed by atoms with Crippen LogP contribution in [-0.4, -0.2) is 62.3 Å². The Morgan fingerprint density at radius 1 is 1.14 bits per heavy atom. The minimum absolute atomic E-state index is 0.600. The maximum Gasteiger partial charge on any atom is 0.0597 e. The van der Waals surface area contributed by atoms with Crippen LogP contribution in [0.1, 0.15) is 19.3 Å². The van der Waals surface area contributed by atoms with Gasteiger partial charge in [-0.2, -0.15) is 0 Å². The zero-order chi connectivity index (χ0) is 9.80. The van der Waals surface area contributed by atoms with Crippen molar-refractivity contribution in [3.63, 3.8) is 0 Å². The molecular formula is C11H22N2O. The summed E-state index contributed by atoms with van der Waals surface area (Å²) in [5.41, 5.74) is 0. The molecule has 1 aliphatic heterocycles. The third-order valence-electron chi connectivity index (χ3n) is 3.41. The molecule has 14 heavy (non-hydrogen) atoms. The Bertz CT molecular complexity index is 163. The lowest BCUT2D eigenvalue weighted by Crippen LogP contribution is -2.45. The topological polar surface area (TPSA) is 15.7 Å². The zero-order valence-electron chi connectivity index (χ0n) is 9.24. The van der Waals surface area contributed by atoms with Crippen molar-refractivity contribution in [1.29, 1.82) is 0 Å². The summed E-state index contributed by atoms with van der Waals surface area (Å²) in [5, 5.41) is 0. The molecule has 0 aromatic carbocycles. The van der Waals surface area contributed by atoms with E-state index in [-0.39, 0.29) is 0 Å². The van der Waals surface area contributed by atoms with Gasteiger partial charge in [-0.05, 0) is 26.3 Å². The maximum atomic E-state index is 5.75. The van der Waals surface area contributed by atoms with Crippen molar-refractivity contribution in [1.82, 2.24) is 9.80 Å². The standard InChI is InChI=1S/C11H22N2O/c1-12-5-7-13(8-6-12)9-10-14-11-3-2-4-11/h11H,2-10H2,1H3. The fourth-order valence-electron chi connectivity index (χ4n) is 1.96. The number of piperazine rings is 1. The first-order chi connectivity index (χ1) is 6.84. The predicted molar refractivity (Wildman–Crippen MR) is 57.5 cm³/mol. The van der Waals surface area contributed by atoms with E-state index in [9.17, 15) is 0 Å². The van der Waals surface area contributed by atoms with Crippen molar-refractivity contribution in [2.24, 2.45) is 0 Å². The Balaban J connectivity index is 1.52. The average Bonchev–Trinajstić information content (AvgIpc) is 2.12. The fraction of sp³-hybridized carbons (Fsp3) is 1.00. The molecule has 0 atom stereocenters. The molecule has 3 heteroatoms. The number of likely N-dealkylation sites (N-methyl/N-ethyl adjacent to an activating group) is 1. The van der Waals surface area contributed by atoms with Crippen LogP contribution in [0.3, 0.4) is 0 Å². The van der Waals surface area contributed by atoms with Gasteiger partial charge in [0.15, 0.2) is 0 Å². The Hall–Kier alpha value is -0.120. The van der Waals surface area contributed by atoms with Crippen molar-refractivity contribution in [2.75, 3.05) is 46.4 Å². The van der Waals surface area contributed by atoms with Gasteiger partial charge in [0, 0.05) is 32.7 Å². The molecule has 0 aromatic heterocycles. The summed E-state index contributed by atoms with van der Waals surface area (Å²) < 4.78 is 5.75. The highest BCUT2D eigenvalue weighted by atomic mass is 16.5. The lowest BCUT2D eigenvalue weighted by atomic mass is 9.96. The molecule has 0 spiro atoms. The second-order valence-electron chi connectivity index (χ2n) is 4.57. The van der Waals surface area contributed by atoms with Gasteiger partial charge in [-0.15, -0.1) is 0 Å². The fourth-order valence-corrected chi connectivity index (χ4v) is 1.96. The molecule has 2 aliphatic rings. The summed E-state index contributed by atoms with van der Waals surface area (Å²) in [4.78, 5) is 4.90. The molecule has 0 radical (unpaired) electrons. The lowest BCUT2D eigenvalue weighted by molar-refractivity contribution is -0.0113. The van der Waals surface area contributed by atoms with Crippen LogP contribution >= 0.6 is 0 Å². The summed E-state index contributed by atoms with van der Waals surface area (Å²) >= 11 is 0. The van der Waals surface area contributed by atoms with Gasteiger partial charge in [-0.25, -0.2) is 0 Å². The number of hydrogen-bond acceptors (Lipinski definition) is 3. The van der Waals surface area contributed by atoms with Crippen LogP contribution in [0.25, 0.3) is 0 Å². The van der Waals surface area contributed by atoms with Crippen LogP contribution < -0.4 is 0 Å². The normalized spacial score (nSPS) is 26.4. The SMILES string of the molecule is CN1CCN(CCOC2CCC2)CC1. The zero-order valence-corrected chi connectivity index (χ0v) is 9.24. The van der Waals surface area contributed by atoms with E-state index in [2.05, 4.69) is 16.8 Å². The second kappa shape index (κ2) is 5.10. The average molecular weight is 198 g/mol.